The fourth-order valence-corrected chi connectivity index (χ4v) is 4.28. The van der Waals surface area contributed by atoms with Crippen LogP contribution in [-0.4, -0.2) is 45.8 Å². The predicted molar refractivity (Wildman–Crippen MR) is 106 cm³/mol. The number of halogens is 1. The third kappa shape index (κ3) is 4.50. The third-order valence-electron chi connectivity index (χ3n) is 4.71. The molecule has 1 heterocycles. The van der Waals surface area contributed by atoms with Crippen molar-refractivity contribution in [2.75, 3.05) is 32.5 Å². The minimum Gasteiger partial charge on any atom is -0.323 e. The van der Waals surface area contributed by atoms with Crippen LogP contribution in [0.4, 0.5) is 5.69 Å². The summed E-state index contributed by atoms with van der Waals surface area (Å²) in [6.07, 6.45) is 0.941. The molecule has 0 aromatic heterocycles. The van der Waals surface area contributed by atoms with E-state index in [9.17, 15) is 13.2 Å². The fraction of sp³-hybridized carbons (Fsp3) is 0.316. The van der Waals surface area contributed by atoms with Crippen LogP contribution in [0, 0.1) is 0 Å². The van der Waals surface area contributed by atoms with Gasteiger partial charge in [-0.1, -0.05) is 35.9 Å². The number of amides is 1. The number of rotatable bonds is 5. The number of carbonyl (C=O) groups is 1. The van der Waals surface area contributed by atoms with Crippen LogP contribution in [0.2, 0.25) is 5.02 Å². The first-order valence-corrected chi connectivity index (χ1v) is 10.5. The van der Waals surface area contributed by atoms with Crippen LogP contribution in [-0.2, 0) is 27.8 Å². The molecular weight excluding hydrogens is 386 g/mol. The van der Waals surface area contributed by atoms with E-state index < -0.39 is 10.0 Å². The van der Waals surface area contributed by atoms with Crippen LogP contribution >= 0.6 is 11.6 Å². The molecule has 144 valence electrons. The average Bonchev–Trinajstić information content (AvgIpc) is 2.63. The third-order valence-corrected chi connectivity index (χ3v) is 6.85. The maximum atomic E-state index is 12.5. The minimum atomic E-state index is -3.59. The fourth-order valence-electron chi connectivity index (χ4n) is 3.19. The van der Waals surface area contributed by atoms with E-state index in [1.807, 2.05) is 12.1 Å². The molecular formula is C19H23ClN3O3S+. The zero-order valence-corrected chi connectivity index (χ0v) is 16.9. The van der Waals surface area contributed by atoms with Crippen molar-refractivity contribution in [1.29, 1.82) is 0 Å². The summed E-state index contributed by atoms with van der Waals surface area (Å²) in [6.45, 7) is 1.98. The second-order valence-corrected chi connectivity index (χ2v) is 9.41. The van der Waals surface area contributed by atoms with Gasteiger partial charge in [-0.3, -0.25) is 4.79 Å². The first-order chi connectivity index (χ1) is 12.8. The Labute approximate surface area is 164 Å². The first kappa shape index (κ1) is 19.8. The molecule has 1 aliphatic rings. The summed E-state index contributed by atoms with van der Waals surface area (Å²) in [5, 5.41) is 3.06. The van der Waals surface area contributed by atoms with Crippen molar-refractivity contribution in [1.82, 2.24) is 4.31 Å². The number of nitrogens with one attached hydrogen (secondary N) is 2. The number of quaternary nitrogens is 1. The van der Waals surface area contributed by atoms with Crippen LogP contribution in [0.5, 0.6) is 0 Å². The predicted octanol–water partition coefficient (Wildman–Crippen LogP) is 1.17. The smallest absolute Gasteiger partial charge is 0.279 e. The Bertz CT molecular complexity index is 960. The molecule has 1 amide bonds. The summed E-state index contributed by atoms with van der Waals surface area (Å²) in [5.41, 5.74) is 2.91. The van der Waals surface area contributed by atoms with Gasteiger partial charge in [-0.05, 0) is 23.8 Å². The van der Waals surface area contributed by atoms with Crippen LogP contribution in [0.25, 0.3) is 0 Å². The lowest BCUT2D eigenvalue weighted by atomic mass is 10.00. The zero-order chi connectivity index (χ0) is 19.6. The molecule has 0 radical (unpaired) electrons. The largest absolute Gasteiger partial charge is 0.323 e. The normalized spacial score (nSPS) is 16.8. The van der Waals surface area contributed by atoms with Crippen molar-refractivity contribution in [2.24, 2.45) is 0 Å². The number of fused-ring (bicyclic) bond motifs is 1. The first-order valence-electron chi connectivity index (χ1n) is 8.69. The van der Waals surface area contributed by atoms with Gasteiger partial charge in [0, 0.05) is 26.1 Å². The van der Waals surface area contributed by atoms with Crippen molar-refractivity contribution >= 4 is 33.2 Å². The van der Waals surface area contributed by atoms with Gasteiger partial charge in [0.2, 0.25) is 10.0 Å². The molecule has 2 aromatic carbocycles. The van der Waals surface area contributed by atoms with Crippen LogP contribution in [0.15, 0.2) is 47.4 Å². The van der Waals surface area contributed by atoms with E-state index in [4.69, 9.17) is 11.6 Å². The van der Waals surface area contributed by atoms with Crippen molar-refractivity contribution in [3.05, 3.63) is 58.6 Å². The number of sulfonamides is 1. The Morgan fingerprint density at radius 2 is 1.89 bits per heavy atom. The van der Waals surface area contributed by atoms with Gasteiger partial charge in [-0.15, -0.1) is 0 Å². The molecule has 2 N–H and O–H groups in total. The molecule has 3 rings (SSSR count). The van der Waals surface area contributed by atoms with Crippen molar-refractivity contribution in [3.8, 4) is 0 Å². The van der Waals surface area contributed by atoms with E-state index in [1.54, 1.807) is 0 Å². The van der Waals surface area contributed by atoms with Crippen LogP contribution in [0.3, 0.4) is 0 Å². The van der Waals surface area contributed by atoms with Gasteiger partial charge in [-0.2, -0.15) is 0 Å². The molecule has 0 fully saturated rings. The van der Waals surface area contributed by atoms with E-state index in [-0.39, 0.29) is 10.8 Å². The molecule has 1 aliphatic heterocycles. The lowest BCUT2D eigenvalue weighted by Gasteiger charge is -2.25. The summed E-state index contributed by atoms with van der Waals surface area (Å²) in [5.74, 6) is -0.189. The highest BCUT2D eigenvalue weighted by molar-refractivity contribution is 7.89. The van der Waals surface area contributed by atoms with Gasteiger partial charge >= 0.3 is 0 Å². The van der Waals surface area contributed by atoms with Crippen molar-refractivity contribution in [3.63, 3.8) is 0 Å². The molecule has 0 aliphatic carbocycles. The molecule has 0 bridgehead atoms. The van der Waals surface area contributed by atoms with E-state index in [1.165, 1.54) is 48.3 Å². The highest BCUT2D eigenvalue weighted by Crippen LogP contribution is 2.26. The van der Waals surface area contributed by atoms with Gasteiger partial charge < -0.3 is 10.2 Å². The van der Waals surface area contributed by atoms with Crippen molar-refractivity contribution < 1.29 is 18.1 Å². The van der Waals surface area contributed by atoms with E-state index in [0.717, 1.165) is 23.8 Å². The molecule has 0 spiro atoms. The minimum absolute atomic E-state index is 0.0893. The summed E-state index contributed by atoms with van der Waals surface area (Å²) in [4.78, 5) is 13.7. The summed E-state index contributed by atoms with van der Waals surface area (Å²) < 4.78 is 25.7. The molecule has 0 saturated carbocycles. The van der Waals surface area contributed by atoms with Crippen LogP contribution in [0.1, 0.15) is 11.1 Å². The second-order valence-electron chi connectivity index (χ2n) is 6.85. The Morgan fingerprint density at radius 3 is 2.59 bits per heavy atom. The second kappa shape index (κ2) is 7.98. The van der Waals surface area contributed by atoms with Crippen molar-refractivity contribution in [2.45, 2.75) is 17.9 Å². The van der Waals surface area contributed by atoms with Gasteiger partial charge in [0.1, 0.15) is 6.54 Å². The SMILES string of the molecule is CN(C)S(=O)(=O)c1ccc(Cl)c(NC(=O)C[NH+]2CCc3ccccc3C2)c1. The number of carbonyl (C=O) groups excluding carboxylic acids is 1. The topological polar surface area (TPSA) is 70.9 Å². The quantitative estimate of drug-likeness (QED) is 0.780. The number of anilines is 1. The lowest BCUT2D eigenvalue weighted by molar-refractivity contribution is -0.907. The number of hydrogen-bond acceptors (Lipinski definition) is 3. The number of hydrogen-bond donors (Lipinski definition) is 2. The van der Waals surface area contributed by atoms with E-state index in [0.29, 0.717) is 17.3 Å². The number of nitrogens with zero attached hydrogens (tertiary/aromatic N) is 1. The van der Waals surface area contributed by atoms with E-state index >= 15 is 0 Å². The van der Waals surface area contributed by atoms with Gasteiger partial charge in [0.05, 0.1) is 22.2 Å². The summed E-state index contributed by atoms with van der Waals surface area (Å²) in [6, 6.07) is 12.6. The average molecular weight is 409 g/mol. The van der Waals surface area contributed by atoms with Gasteiger partial charge in [-0.25, -0.2) is 12.7 Å². The molecule has 8 heteroatoms. The van der Waals surface area contributed by atoms with Gasteiger partial charge in [0.15, 0.2) is 6.54 Å². The highest BCUT2D eigenvalue weighted by atomic mass is 35.5. The Hall–Kier alpha value is -1.93. The standard InChI is InChI=1S/C19H22ClN3O3S/c1-22(2)27(25,26)16-7-8-17(20)18(11-16)21-19(24)13-23-10-9-14-5-3-4-6-15(14)12-23/h3-8,11H,9-10,12-13H2,1-2H3,(H,21,24)/p+1. The number of benzene rings is 2. The molecule has 1 atom stereocenters. The lowest BCUT2D eigenvalue weighted by Crippen LogP contribution is -3.12. The molecule has 1 unspecified atom stereocenters. The molecule has 2 aromatic rings. The molecule has 27 heavy (non-hydrogen) atoms. The molecule has 0 saturated heterocycles. The highest BCUT2D eigenvalue weighted by Gasteiger charge is 2.23. The monoisotopic (exact) mass is 408 g/mol. The maximum Gasteiger partial charge on any atom is 0.279 e. The Morgan fingerprint density at radius 1 is 1.19 bits per heavy atom. The summed E-state index contributed by atoms with van der Waals surface area (Å²) >= 11 is 6.15. The van der Waals surface area contributed by atoms with E-state index in [2.05, 4.69) is 17.4 Å². The Kier molecular flexibility index (Phi) is 5.86. The zero-order valence-electron chi connectivity index (χ0n) is 15.3. The summed E-state index contributed by atoms with van der Waals surface area (Å²) in [7, 11) is -0.678. The van der Waals surface area contributed by atoms with Gasteiger partial charge in [0.25, 0.3) is 5.91 Å². The molecule has 6 nitrogen and oxygen atoms in total. The van der Waals surface area contributed by atoms with Crippen LogP contribution < -0.4 is 10.2 Å². The maximum absolute atomic E-state index is 12.5. The Balaban J connectivity index is 1.70.